The summed E-state index contributed by atoms with van der Waals surface area (Å²) in [6.07, 6.45) is 0. The molecular weight excluding hydrogens is 392 g/mol. The van der Waals surface area contributed by atoms with E-state index in [0.717, 1.165) is 15.6 Å². The van der Waals surface area contributed by atoms with Crippen molar-refractivity contribution in [1.82, 2.24) is 4.72 Å². The van der Waals surface area contributed by atoms with E-state index in [4.69, 9.17) is 0 Å². The fourth-order valence-corrected chi connectivity index (χ4v) is 3.68. The van der Waals surface area contributed by atoms with Gasteiger partial charge in [-0.1, -0.05) is 34.1 Å². The van der Waals surface area contributed by atoms with Crippen molar-refractivity contribution in [2.45, 2.75) is 31.7 Å². The van der Waals surface area contributed by atoms with Crippen LogP contribution in [0.15, 0.2) is 51.8 Å². The molecular formula is C17H19BrN2O3S. The normalized spacial score (nSPS) is 12.7. The lowest BCUT2D eigenvalue weighted by Gasteiger charge is -2.17. The number of halogens is 1. The van der Waals surface area contributed by atoms with Gasteiger partial charge in [-0.15, -0.1) is 0 Å². The molecule has 2 aromatic carbocycles. The first-order valence-electron chi connectivity index (χ1n) is 7.35. The van der Waals surface area contributed by atoms with E-state index in [1.807, 2.05) is 32.0 Å². The summed E-state index contributed by atoms with van der Waals surface area (Å²) in [5, 5.41) is 2.79. The molecule has 7 heteroatoms. The van der Waals surface area contributed by atoms with Crippen molar-refractivity contribution in [1.29, 1.82) is 0 Å². The molecule has 0 aliphatic heterocycles. The van der Waals surface area contributed by atoms with Gasteiger partial charge in [0.2, 0.25) is 15.9 Å². The van der Waals surface area contributed by atoms with E-state index in [1.54, 1.807) is 12.1 Å². The number of amides is 1. The zero-order valence-electron chi connectivity index (χ0n) is 13.6. The number of carbonyl (C=O) groups excluding carboxylic acids is 1. The molecule has 24 heavy (non-hydrogen) atoms. The van der Waals surface area contributed by atoms with Crippen LogP contribution in [0.25, 0.3) is 0 Å². The minimum absolute atomic E-state index is 0.109. The quantitative estimate of drug-likeness (QED) is 0.792. The zero-order chi connectivity index (χ0) is 17.9. The van der Waals surface area contributed by atoms with Crippen molar-refractivity contribution >= 4 is 37.5 Å². The Labute approximate surface area is 150 Å². The molecule has 0 spiro atoms. The molecule has 0 saturated heterocycles. The van der Waals surface area contributed by atoms with E-state index in [9.17, 15) is 13.2 Å². The van der Waals surface area contributed by atoms with E-state index in [-0.39, 0.29) is 4.90 Å². The zero-order valence-corrected chi connectivity index (χ0v) is 16.0. The maximum atomic E-state index is 12.3. The Morgan fingerprint density at radius 2 is 1.58 bits per heavy atom. The number of rotatable bonds is 5. The van der Waals surface area contributed by atoms with Gasteiger partial charge in [-0.25, -0.2) is 8.42 Å². The lowest BCUT2D eigenvalue weighted by atomic mass is 10.1. The second-order valence-corrected chi connectivity index (χ2v) is 8.18. The summed E-state index contributed by atoms with van der Waals surface area (Å²) in [5.41, 5.74) is 2.55. The van der Waals surface area contributed by atoms with Gasteiger partial charge in [-0.3, -0.25) is 4.79 Å². The molecule has 2 N–H and O–H groups in total. The number of carbonyl (C=O) groups is 1. The molecule has 128 valence electrons. The summed E-state index contributed by atoms with van der Waals surface area (Å²) in [5.74, 6) is -0.409. The van der Waals surface area contributed by atoms with Crippen LogP contribution in [0.1, 0.15) is 18.1 Å². The lowest BCUT2D eigenvalue weighted by Crippen LogP contribution is -2.41. The molecule has 1 atom stereocenters. The third-order valence-electron chi connectivity index (χ3n) is 3.58. The molecule has 0 aromatic heterocycles. The Bertz CT molecular complexity index is 828. The van der Waals surface area contributed by atoms with Crippen molar-refractivity contribution in [2.24, 2.45) is 0 Å². The van der Waals surface area contributed by atoms with Crippen molar-refractivity contribution in [2.75, 3.05) is 5.32 Å². The summed E-state index contributed by atoms with van der Waals surface area (Å²) in [4.78, 5) is 12.4. The van der Waals surface area contributed by atoms with Crippen LogP contribution >= 0.6 is 15.9 Å². The largest absolute Gasteiger partial charge is 0.324 e. The van der Waals surface area contributed by atoms with E-state index in [0.29, 0.717) is 5.69 Å². The molecule has 0 saturated carbocycles. The van der Waals surface area contributed by atoms with Crippen molar-refractivity contribution in [3.05, 3.63) is 58.1 Å². The molecule has 5 nitrogen and oxygen atoms in total. The summed E-state index contributed by atoms with van der Waals surface area (Å²) in [6, 6.07) is 11.0. The van der Waals surface area contributed by atoms with Crippen LogP contribution < -0.4 is 10.0 Å². The number of para-hydroxylation sites is 1. The Morgan fingerprint density at radius 3 is 2.12 bits per heavy atom. The molecule has 0 bridgehead atoms. The number of nitrogens with one attached hydrogen (secondary N) is 2. The van der Waals surface area contributed by atoms with Crippen LogP contribution in [-0.2, 0) is 14.8 Å². The first-order valence-corrected chi connectivity index (χ1v) is 9.63. The molecule has 1 amide bonds. The highest BCUT2D eigenvalue weighted by atomic mass is 79.9. The van der Waals surface area contributed by atoms with Gasteiger partial charge in [0.1, 0.15) is 0 Å². The van der Waals surface area contributed by atoms with Crippen LogP contribution in [0, 0.1) is 13.8 Å². The molecule has 0 unspecified atom stereocenters. The van der Waals surface area contributed by atoms with Crippen LogP contribution in [0.3, 0.4) is 0 Å². The van der Waals surface area contributed by atoms with Crippen LogP contribution in [0.4, 0.5) is 5.69 Å². The summed E-state index contributed by atoms with van der Waals surface area (Å²) >= 11 is 3.26. The predicted molar refractivity (Wildman–Crippen MR) is 98.5 cm³/mol. The summed E-state index contributed by atoms with van der Waals surface area (Å²) < 4.78 is 27.9. The van der Waals surface area contributed by atoms with Gasteiger partial charge in [-0.2, -0.15) is 4.72 Å². The van der Waals surface area contributed by atoms with Crippen molar-refractivity contribution in [3.63, 3.8) is 0 Å². The van der Waals surface area contributed by atoms with Gasteiger partial charge < -0.3 is 5.32 Å². The van der Waals surface area contributed by atoms with Gasteiger partial charge in [-0.05, 0) is 56.2 Å². The number of sulfonamides is 1. The van der Waals surface area contributed by atoms with E-state index < -0.39 is 22.0 Å². The number of anilines is 1. The van der Waals surface area contributed by atoms with E-state index in [2.05, 4.69) is 26.0 Å². The summed E-state index contributed by atoms with van der Waals surface area (Å²) in [7, 11) is -3.77. The maximum absolute atomic E-state index is 12.3. The van der Waals surface area contributed by atoms with Crippen LogP contribution in [0.2, 0.25) is 0 Å². The average molecular weight is 411 g/mol. The fraction of sp³-hybridized carbons (Fsp3) is 0.235. The minimum atomic E-state index is -3.77. The van der Waals surface area contributed by atoms with Gasteiger partial charge >= 0.3 is 0 Å². The highest BCUT2D eigenvalue weighted by Gasteiger charge is 2.22. The first-order chi connectivity index (χ1) is 11.2. The van der Waals surface area contributed by atoms with Crippen LogP contribution in [0.5, 0.6) is 0 Å². The smallest absolute Gasteiger partial charge is 0.242 e. The Morgan fingerprint density at radius 1 is 1.04 bits per heavy atom. The molecule has 2 aromatic rings. The highest BCUT2D eigenvalue weighted by molar-refractivity contribution is 9.10. The topological polar surface area (TPSA) is 75.3 Å². The fourth-order valence-electron chi connectivity index (χ4n) is 2.21. The molecule has 0 aliphatic carbocycles. The van der Waals surface area contributed by atoms with Gasteiger partial charge in [0, 0.05) is 10.2 Å². The number of aryl methyl sites for hydroxylation is 2. The highest BCUT2D eigenvalue weighted by Crippen LogP contribution is 2.20. The summed E-state index contributed by atoms with van der Waals surface area (Å²) in [6.45, 7) is 5.29. The SMILES string of the molecule is Cc1cccc(C)c1NC(=O)[C@H](C)NS(=O)(=O)c1ccc(Br)cc1. The number of hydrogen-bond acceptors (Lipinski definition) is 3. The average Bonchev–Trinajstić information content (AvgIpc) is 2.51. The molecule has 0 fully saturated rings. The van der Waals surface area contributed by atoms with Crippen molar-refractivity contribution in [3.8, 4) is 0 Å². The molecule has 0 heterocycles. The Hall–Kier alpha value is -1.70. The van der Waals surface area contributed by atoms with Gasteiger partial charge in [0.25, 0.3) is 0 Å². The number of benzene rings is 2. The third-order valence-corrected chi connectivity index (χ3v) is 5.66. The second-order valence-electron chi connectivity index (χ2n) is 5.55. The third kappa shape index (κ3) is 4.43. The minimum Gasteiger partial charge on any atom is -0.324 e. The Kier molecular flexibility index (Phi) is 5.79. The maximum Gasteiger partial charge on any atom is 0.242 e. The van der Waals surface area contributed by atoms with Crippen molar-refractivity contribution < 1.29 is 13.2 Å². The molecule has 2 rings (SSSR count). The first kappa shape index (κ1) is 18.6. The van der Waals surface area contributed by atoms with E-state index in [1.165, 1.54) is 19.1 Å². The molecule has 0 radical (unpaired) electrons. The van der Waals surface area contributed by atoms with Crippen LogP contribution in [-0.4, -0.2) is 20.4 Å². The van der Waals surface area contributed by atoms with Gasteiger partial charge in [0.15, 0.2) is 0 Å². The monoisotopic (exact) mass is 410 g/mol. The standard InChI is InChI=1S/C17H19BrN2O3S/c1-11-5-4-6-12(2)16(11)19-17(21)13(3)20-24(22,23)15-9-7-14(18)8-10-15/h4-10,13,20H,1-3H3,(H,19,21)/t13-/m0/s1. The molecule has 0 aliphatic rings. The number of hydrogen-bond donors (Lipinski definition) is 2. The van der Waals surface area contributed by atoms with Gasteiger partial charge in [0.05, 0.1) is 10.9 Å². The lowest BCUT2D eigenvalue weighted by molar-refractivity contribution is -0.117. The van der Waals surface area contributed by atoms with E-state index >= 15 is 0 Å². The predicted octanol–water partition coefficient (Wildman–Crippen LogP) is 3.37. The second kappa shape index (κ2) is 7.46. The Balaban J connectivity index is 2.12.